The summed E-state index contributed by atoms with van der Waals surface area (Å²) in [6.07, 6.45) is 12.9. The lowest BCUT2D eigenvalue weighted by atomic mass is 9.93. The molecule has 0 spiro atoms. The van der Waals surface area contributed by atoms with Crippen LogP contribution in [0.4, 0.5) is 17.5 Å². The molecule has 2 aliphatic rings. The van der Waals surface area contributed by atoms with Crippen LogP contribution in [-0.4, -0.2) is 81.1 Å². The number of fused-ring (bicyclic) bond motifs is 1. The summed E-state index contributed by atoms with van der Waals surface area (Å²) in [5.74, 6) is 0.739. The maximum atomic E-state index is 13.0. The summed E-state index contributed by atoms with van der Waals surface area (Å²) in [5.41, 5.74) is 1.25. The molecule has 4 aromatic heterocycles. The van der Waals surface area contributed by atoms with Gasteiger partial charge in [-0.1, -0.05) is 4.98 Å². The number of rotatable bonds is 9. The maximum absolute atomic E-state index is 13.0. The molecule has 5 heterocycles. The normalized spacial score (nSPS) is 19.4. The van der Waals surface area contributed by atoms with Gasteiger partial charge in [-0.25, -0.2) is 18.0 Å². The number of hydrogen-bond acceptors (Lipinski definition) is 11. The number of hydrogen-bond donors (Lipinski definition) is 0. The van der Waals surface area contributed by atoms with Crippen molar-refractivity contribution in [1.82, 2.24) is 29.1 Å². The standard InChI is InChI=1S/C27H33N9O6S/c1-32-21(16-30-27(32)36(37)38)17-35(43(2,39)40)20-13-23-24(29-15-20)14-25(33-9-11-41-12-10-33)31-26(23)42-22-5-3-19(4-6-22)34-8-7-28-18-34/h7-8,13-16,18-19,22H,3-6,9-12,17H2,1-2H3. The molecule has 4 aromatic rings. The van der Waals surface area contributed by atoms with Gasteiger partial charge in [0.1, 0.15) is 23.8 Å². The number of sulfonamides is 1. The first kappa shape index (κ1) is 28.8. The Hall–Kier alpha value is -4.31. The first-order valence-electron chi connectivity index (χ1n) is 14.1. The third kappa shape index (κ3) is 6.10. The fourth-order valence-electron chi connectivity index (χ4n) is 5.65. The molecule has 43 heavy (non-hydrogen) atoms. The minimum absolute atomic E-state index is 0.0694. The fraction of sp³-hybridized carbons (Fsp3) is 0.481. The van der Waals surface area contributed by atoms with E-state index in [1.54, 1.807) is 12.3 Å². The van der Waals surface area contributed by atoms with Crippen LogP contribution in [0, 0.1) is 10.1 Å². The third-order valence-corrected chi connectivity index (χ3v) is 9.18. The predicted molar refractivity (Wildman–Crippen MR) is 158 cm³/mol. The van der Waals surface area contributed by atoms with E-state index >= 15 is 0 Å². The lowest BCUT2D eigenvalue weighted by Crippen LogP contribution is -2.37. The molecular weight excluding hydrogens is 578 g/mol. The number of nitro groups is 1. The van der Waals surface area contributed by atoms with Gasteiger partial charge in [-0.3, -0.25) is 9.29 Å². The third-order valence-electron chi connectivity index (χ3n) is 8.04. The molecule has 228 valence electrons. The smallest absolute Gasteiger partial charge is 0.434 e. The van der Waals surface area contributed by atoms with Gasteiger partial charge in [0.25, 0.3) is 0 Å². The summed E-state index contributed by atoms with van der Waals surface area (Å²) < 4.78 is 42.6. The van der Waals surface area contributed by atoms with Crippen LogP contribution in [0.1, 0.15) is 37.4 Å². The predicted octanol–water partition coefficient (Wildman–Crippen LogP) is 2.83. The fourth-order valence-corrected chi connectivity index (χ4v) is 6.50. The number of nitrogens with zero attached hydrogens (tertiary/aromatic N) is 9. The van der Waals surface area contributed by atoms with Crippen molar-refractivity contribution in [3.05, 3.63) is 59.1 Å². The molecule has 0 aromatic carbocycles. The summed E-state index contributed by atoms with van der Waals surface area (Å²) >= 11 is 0. The van der Waals surface area contributed by atoms with Crippen LogP contribution in [0.15, 0.2) is 43.2 Å². The number of pyridine rings is 2. The number of morpholine rings is 1. The zero-order valence-electron chi connectivity index (χ0n) is 23.9. The molecule has 1 saturated carbocycles. The Kier molecular flexibility index (Phi) is 7.87. The lowest BCUT2D eigenvalue weighted by molar-refractivity contribution is -0.396. The largest absolute Gasteiger partial charge is 0.474 e. The van der Waals surface area contributed by atoms with E-state index in [9.17, 15) is 18.5 Å². The molecule has 2 fully saturated rings. The molecular formula is C27H33N9O6S. The highest BCUT2D eigenvalue weighted by Crippen LogP contribution is 2.36. The van der Waals surface area contributed by atoms with Gasteiger partial charge in [0.05, 0.1) is 62.2 Å². The SMILES string of the molecule is Cn1c(CN(c2cnc3cc(N4CCOCC4)nc(OC4CCC(n5ccnc5)CC4)c3c2)S(C)(=O)=O)cnc1[N+](=O)[O-]. The summed E-state index contributed by atoms with van der Waals surface area (Å²) in [6, 6.07) is 3.95. The first-order valence-corrected chi connectivity index (χ1v) is 15.9. The summed E-state index contributed by atoms with van der Waals surface area (Å²) in [6.45, 7) is 2.39. The van der Waals surface area contributed by atoms with Crippen LogP contribution in [0.5, 0.6) is 5.88 Å². The molecule has 0 atom stereocenters. The molecule has 0 radical (unpaired) electrons. The average Bonchev–Trinajstić information content (AvgIpc) is 3.66. The summed E-state index contributed by atoms with van der Waals surface area (Å²) in [7, 11) is -2.34. The topological polar surface area (TPSA) is 164 Å². The monoisotopic (exact) mass is 611 g/mol. The lowest BCUT2D eigenvalue weighted by Gasteiger charge is -2.31. The zero-order valence-corrected chi connectivity index (χ0v) is 24.8. The van der Waals surface area contributed by atoms with Crippen molar-refractivity contribution < 1.29 is 22.8 Å². The highest BCUT2D eigenvalue weighted by Gasteiger charge is 2.28. The van der Waals surface area contributed by atoms with Gasteiger partial charge in [0.2, 0.25) is 15.9 Å². The van der Waals surface area contributed by atoms with E-state index in [4.69, 9.17) is 14.5 Å². The van der Waals surface area contributed by atoms with E-state index in [1.807, 2.05) is 18.6 Å². The Labute approximate surface area is 248 Å². The highest BCUT2D eigenvalue weighted by atomic mass is 32.2. The van der Waals surface area contributed by atoms with E-state index in [0.29, 0.717) is 54.8 Å². The molecule has 16 heteroatoms. The van der Waals surface area contributed by atoms with Crippen molar-refractivity contribution >= 4 is 38.4 Å². The van der Waals surface area contributed by atoms with Gasteiger partial charge in [0, 0.05) is 37.6 Å². The number of ether oxygens (including phenoxy) is 2. The molecule has 1 aliphatic heterocycles. The number of aromatic nitrogens is 6. The maximum Gasteiger partial charge on any atom is 0.434 e. The van der Waals surface area contributed by atoms with Gasteiger partial charge in [0.15, 0.2) is 0 Å². The second kappa shape index (κ2) is 11.8. The minimum Gasteiger partial charge on any atom is -0.474 e. The van der Waals surface area contributed by atoms with E-state index in [2.05, 4.69) is 24.4 Å². The van der Waals surface area contributed by atoms with Crippen molar-refractivity contribution in [2.24, 2.45) is 7.05 Å². The van der Waals surface area contributed by atoms with E-state index in [1.165, 1.54) is 24.0 Å². The Morgan fingerprint density at radius 2 is 1.91 bits per heavy atom. The molecule has 0 N–H and O–H groups in total. The second-order valence-corrected chi connectivity index (χ2v) is 12.7. The van der Waals surface area contributed by atoms with Crippen molar-refractivity contribution in [2.75, 3.05) is 41.8 Å². The average molecular weight is 612 g/mol. The molecule has 0 bridgehead atoms. The Morgan fingerprint density at radius 1 is 1.14 bits per heavy atom. The first-order chi connectivity index (χ1) is 20.7. The van der Waals surface area contributed by atoms with E-state index in [0.717, 1.165) is 42.1 Å². The van der Waals surface area contributed by atoms with Crippen molar-refractivity contribution in [2.45, 2.75) is 44.4 Å². The molecule has 6 rings (SSSR count). The van der Waals surface area contributed by atoms with Crippen molar-refractivity contribution in [3.8, 4) is 5.88 Å². The van der Waals surface area contributed by atoms with Gasteiger partial charge in [-0.2, -0.15) is 4.98 Å². The second-order valence-electron chi connectivity index (χ2n) is 10.8. The molecule has 1 saturated heterocycles. The van der Waals surface area contributed by atoms with Crippen LogP contribution in [0.3, 0.4) is 0 Å². The zero-order chi connectivity index (χ0) is 30.1. The Morgan fingerprint density at radius 3 is 2.56 bits per heavy atom. The van der Waals surface area contributed by atoms with E-state index in [-0.39, 0.29) is 24.3 Å². The van der Waals surface area contributed by atoms with Crippen molar-refractivity contribution in [1.29, 1.82) is 0 Å². The van der Waals surface area contributed by atoms with Crippen LogP contribution < -0.4 is 13.9 Å². The Balaban J connectivity index is 1.34. The van der Waals surface area contributed by atoms with Crippen LogP contribution in [0.2, 0.25) is 0 Å². The highest BCUT2D eigenvalue weighted by molar-refractivity contribution is 7.92. The Bertz CT molecular complexity index is 1710. The quantitative estimate of drug-likeness (QED) is 0.202. The molecule has 0 amide bonds. The van der Waals surface area contributed by atoms with Crippen molar-refractivity contribution in [3.63, 3.8) is 0 Å². The molecule has 1 aliphatic carbocycles. The molecule has 0 unspecified atom stereocenters. The summed E-state index contributed by atoms with van der Waals surface area (Å²) in [5, 5.41) is 11.9. The van der Waals surface area contributed by atoms with Gasteiger partial charge < -0.3 is 29.1 Å². The van der Waals surface area contributed by atoms with Gasteiger partial charge in [-0.15, -0.1) is 0 Å². The summed E-state index contributed by atoms with van der Waals surface area (Å²) in [4.78, 5) is 30.4. The van der Waals surface area contributed by atoms with Gasteiger partial charge >= 0.3 is 5.95 Å². The van der Waals surface area contributed by atoms with E-state index < -0.39 is 14.9 Å². The van der Waals surface area contributed by atoms with Gasteiger partial charge in [-0.05, 0) is 36.7 Å². The molecule has 15 nitrogen and oxygen atoms in total. The van der Waals surface area contributed by atoms with Crippen LogP contribution in [0.25, 0.3) is 10.9 Å². The number of anilines is 2. The minimum atomic E-state index is -3.81. The van der Waals surface area contributed by atoms with Crippen LogP contribution in [-0.2, 0) is 28.4 Å². The number of imidazole rings is 2. The van der Waals surface area contributed by atoms with Crippen LogP contribution >= 0.6 is 0 Å².